The molecule has 0 fully saturated rings. The first-order chi connectivity index (χ1) is 9.79. The number of furan rings is 1. The number of carbonyl (C=O) groups is 1. The summed E-state index contributed by atoms with van der Waals surface area (Å²) in [5.74, 6) is -1.35. The van der Waals surface area contributed by atoms with Crippen LogP contribution in [0.25, 0.3) is 0 Å². The Morgan fingerprint density at radius 2 is 1.95 bits per heavy atom. The molecule has 0 radical (unpaired) electrons. The van der Waals surface area contributed by atoms with Crippen LogP contribution >= 0.6 is 23.2 Å². The number of benzene rings is 1. The van der Waals surface area contributed by atoms with Crippen LogP contribution in [0.4, 0.5) is 0 Å². The maximum Gasteiger partial charge on any atom is 0.371 e. The second-order valence-corrected chi connectivity index (χ2v) is 6.55. The van der Waals surface area contributed by atoms with Crippen LogP contribution in [0.3, 0.4) is 0 Å². The zero-order valence-electron chi connectivity index (χ0n) is 10.3. The number of sulfonamides is 1. The molecule has 112 valence electrons. The van der Waals surface area contributed by atoms with Crippen molar-refractivity contribution in [2.24, 2.45) is 0 Å². The zero-order chi connectivity index (χ0) is 15.6. The molecule has 2 rings (SSSR count). The summed E-state index contributed by atoms with van der Waals surface area (Å²) in [6, 6.07) is 6.66. The minimum atomic E-state index is -3.90. The van der Waals surface area contributed by atoms with E-state index in [4.69, 9.17) is 32.7 Å². The molecule has 0 atom stereocenters. The summed E-state index contributed by atoms with van der Waals surface area (Å²) in [5.41, 5.74) is 0. The van der Waals surface area contributed by atoms with Crippen molar-refractivity contribution < 1.29 is 22.7 Å². The van der Waals surface area contributed by atoms with Crippen LogP contribution in [0.5, 0.6) is 0 Å². The predicted octanol–water partition coefficient (Wildman–Crippen LogP) is 2.76. The molecule has 0 unspecified atom stereocenters. The van der Waals surface area contributed by atoms with Gasteiger partial charge in [0.2, 0.25) is 15.8 Å². The number of carboxylic acids is 1. The Labute approximate surface area is 130 Å². The maximum absolute atomic E-state index is 12.1. The van der Waals surface area contributed by atoms with Crippen LogP contribution in [-0.4, -0.2) is 19.5 Å². The number of carboxylic acid groups (broad SMARTS) is 1. The van der Waals surface area contributed by atoms with E-state index in [1.807, 2.05) is 0 Å². The quantitative estimate of drug-likeness (QED) is 0.864. The van der Waals surface area contributed by atoms with Gasteiger partial charge in [0.05, 0.1) is 11.6 Å². The van der Waals surface area contributed by atoms with Crippen molar-refractivity contribution in [2.75, 3.05) is 0 Å². The van der Waals surface area contributed by atoms with Gasteiger partial charge in [-0.3, -0.25) is 0 Å². The fraction of sp³-hybridized carbons (Fsp3) is 0.0833. The molecule has 1 aromatic carbocycles. The van der Waals surface area contributed by atoms with E-state index in [1.54, 1.807) is 0 Å². The number of rotatable bonds is 5. The van der Waals surface area contributed by atoms with E-state index in [-0.39, 0.29) is 33.0 Å². The van der Waals surface area contributed by atoms with Crippen molar-refractivity contribution in [3.05, 3.63) is 51.9 Å². The van der Waals surface area contributed by atoms with Crippen LogP contribution in [0.2, 0.25) is 10.0 Å². The second-order valence-electron chi connectivity index (χ2n) is 3.97. The van der Waals surface area contributed by atoms with Crippen LogP contribution in [0.1, 0.15) is 16.3 Å². The van der Waals surface area contributed by atoms with Crippen LogP contribution in [-0.2, 0) is 16.6 Å². The van der Waals surface area contributed by atoms with Gasteiger partial charge in [-0.1, -0.05) is 23.2 Å². The fourth-order valence-electron chi connectivity index (χ4n) is 1.51. The predicted molar refractivity (Wildman–Crippen MR) is 76.2 cm³/mol. The lowest BCUT2D eigenvalue weighted by Crippen LogP contribution is -2.23. The highest BCUT2D eigenvalue weighted by Gasteiger charge is 2.19. The van der Waals surface area contributed by atoms with Gasteiger partial charge in [-0.2, -0.15) is 0 Å². The number of halogens is 2. The molecular weight excluding hydrogens is 341 g/mol. The summed E-state index contributed by atoms with van der Waals surface area (Å²) in [4.78, 5) is 10.5. The summed E-state index contributed by atoms with van der Waals surface area (Å²) in [6.07, 6.45) is 0. The minimum Gasteiger partial charge on any atom is -0.475 e. The summed E-state index contributed by atoms with van der Waals surface area (Å²) in [6.45, 7) is -0.210. The van der Waals surface area contributed by atoms with E-state index < -0.39 is 16.0 Å². The number of hydrogen-bond acceptors (Lipinski definition) is 4. The molecule has 0 aliphatic rings. The molecule has 0 saturated carbocycles. The Hall–Kier alpha value is -1.54. The van der Waals surface area contributed by atoms with Gasteiger partial charge in [0.1, 0.15) is 10.7 Å². The van der Waals surface area contributed by atoms with Crippen molar-refractivity contribution in [3.63, 3.8) is 0 Å². The maximum atomic E-state index is 12.1. The van der Waals surface area contributed by atoms with Crippen molar-refractivity contribution in [1.82, 2.24) is 4.72 Å². The first-order valence-corrected chi connectivity index (χ1v) is 7.80. The first kappa shape index (κ1) is 15.8. The molecular formula is C12H9Cl2NO5S. The minimum absolute atomic E-state index is 0.0255. The molecule has 0 saturated heterocycles. The highest BCUT2D eigenvalue weighted by Crippen LogP contribution is 2.25. The van der Waals surface area contributed by atoms with Gasteiger partial charge in [0, 0.05) is 5.02 Å². The summed E-state index contributed by atoms with van der Waals surface area (Å²) < 4.78 is 31.4. The van der Waals surface area contributed by atoms with Crippen LogP contribution in [0.15, 0.2) is 39.6 Å². The Bertz CT molecular complexity index is 785. The zero-order valence-corrected chi connectivity index (χ0v) is 12.7. The Kier molecular flexibility index (Phi) is 4.58. The lowest BCUT2D eigenvalue weighted by molar-refractivity contribution is 0.0660. The van der Waals surface area contributed by atoms with Crippen LogP contribution < -0.4 is 4.72 Å². The van der Waals surface area contributed by atoms with Crippen molar-refractivity contribution in [2.45, 2.75) is 11.4 Å². The van der Waals surface area contributed by atoms with Crippen molar-refractivity contribution in [3.8, 4) is 0 Å². The third kappa shape index (κ3) is 3.76. The van der Waals surface area contributed by atoms with Gasteiger partial charge in [-0.05, 0) is 30.3 Å². The van der Waals surface area contributed by atoms with Crippen molar-refractivity contribution >= 4 is 39.2 Å². The molecule has 2 N–H and O–H groups in total. The van der Waals surface area contributed by atoms with E-state index in [9.17, 15) is 13.2 Å². The number of aromatic carboxylic acids is 1. The summed E-state index contributed by atoms with van der Waals surface area (Å²) >= 11 is 11.6. The van der Waals surface area contributed by atoms with Gasteiger partial charge in [0.25, 0.3) is 0 Å². The normalized spacial score (nSPS) is 11.5. The molecule has 1 heterocycles. The average Bonchev–Trinajstić information content (AvgIpc) is 2.88. The Morgan fingerprint density at radius 3 is 2.57 bits per heavy atom. The summed E-state index contributed by atoms with van der Waals surface area (Å²) in [5, 5.41) is 8.96. The van der Waals surface area contributed by atoms with Gasteiger partial charge >= 0.3 is 5.97 Å². The number of nitrogens with one attached hydrogen (secondary N) is 1. The van der Waals surface area contributed by atoms with Gasteiger partial charge < -0.3 is 9.52 Å². The molecule has 0 aliphatic heterocycles. The Morgan fingerprint density at radius 1 is 1.24 bits per heavy atom. The topological polar surface area (TPSA) is 96.6 Å². The molecule has 0 aliphatic carbocycles. The van der Waals surface area contributed by atoms with E-state index in [2.05, 4.69) is 4.72 Å². The monoisotopic (exact) mass is 349 g/mol. The van der Waals surface area contributed by atoms with Gasteiger partial charge in [0.15, 0.2) is 0 Å². The molecule has 9 heteroatoms. The largest absolute Gasteiger partial charge is 0.475 e. The lowest BCUT2D eigenvalue weighted by atomic mass is 10.4. The molecule has 21 heavy (non-hydrogen) atoms. The van der Waals surface area contributed by atoms with E-state index in [0.717, 1.165) is 0 Å². The number of hydrogen-bond donors (Lipinski definition) is 2. The molecule has 2 aromatic rings. The highest BCUT2D eigenvalue weighted by atomic mass is 35.5. The average molecular weight is 350 g/mol. The van der Waals surface area contributed by atoms with Gasteiger partial charge in [-0.25, -0.2) is 17.9 Å². The van der Waals surface area contributed by atoms with Gasteiger partial charge in [-0.15, -0.1) is 0 Å². The summed E-state index contributed by atoms with van der Waals surface area (Å²) in [7, 11) is -3.90. The smallest absolute Gasteiger partial charge is 0.371 e. The fourth-order valence-corrected chi connectivity index (χ4v) is 3.27. The van der Waals surface area contributed by atoms with E-state index in [0.29, 0.717) is 0 Å². The second kappa shape index (κ2) is 6.07. The standard InChI is InChI=1S/C12H9Cl2NO5S/c13-7-1-3-9(14)11(5-7)21(18,19)15-6-8-2-4-10(20-8)12(16)17/h1-5,15H,6H2,(H,16,17). The first-order valence-electron chi connectivity index (χ1n) is 5.56. The molecule has 0 amide bonds. The van der Waals surface area contributed by atoms with E-state index >= 15 is 0 Å². The molecule has 6 nitrogen and oxygen atoms in total. The third-order valence-electron chi connectivity index (χ3n) is 2.49. The van der Waals surface area contributed by atoms with E-state index in [1.165, 1.54) is 30.3 Å². The van der Waals surface area contributed by atoms with Crippen LogP contribution in [0, 0.1) is 0 Å². The SMILES string of the molecule is O=C(O)c1ccc(CNS(=O)(=O)c2cc(Cl)ccc2Cl)o1. The lowest BCUT2D eigenvalue weighted by Gasteiger charge is -2.07. The highest BCUT2D eigenvalue weighted by molar-refractivity contribution is 7.89. The molecule has 0 spiro atoms. The van der Waals surface area contributed by atoms with Crippen molar-refractivity contribution in [1.29, 1.82) is 0 Å². The Balaban J connectivity index is 2.17. The molecule has 1 aromatic heterocycles. The third-order valence-corrected chi connectivity index (χ3v) is 4.61. The molecule has 0 bridgehead atoms.